The first-order chi connectivity index (χ1) is 10.2. The topological polar surface area (TPSA) is 124 Å². The summed E-state index contributed by atoms with van der Waals surface area (Å²) in [5.74, 6) is -2.39. The molecular weight excluding hydrogens is 316 g/mol. The van der Waals surface area contributed by atoms with Crippen LogP contribution in [0.2, 0.25) is 5.02 Å². The molecule has 1 aromatic carbocycles. The minimum absolute atomic E-state index is 0.110. The molecule has 120 valence electrons. The zero-order valence-corrected chi connectivity index (χ0v) is 12.1. The zero-order valence-electron chi connectivity index (χ0n) is 11.3. The highest BCUT2D eigenvalue weighted by molar-refractivity contribution is 6.30. The van der Waals surface area contributed by atoms with Gasteiger partial charge in [-0.05, 0) is 18.2 Å². The van der Waals surface area contributed by atoms with E-state index in [1.165, 1.54) is 18.2 Å². The highest BCUT2D eigenvalue weighted by Crippen LogP contribution is 2.31. The van der Waals surface area contributed by atoms with Gasteiger partial charge < -0.3 is 25.2 Å². The van der Waals surface area contributed by atoms with Crippen molar-refractivity contribution in [1.29, 1.82) is 0 Å². The second-order valence-electron chi connectivity index (χ2n) is 5.26. The van der Waals surface area contributed by atoms with Crippen molar-refractivity contribution in [3.63, 3.8) is 0 Å². The maximum absolute atomic E-state index is 12.0. The van der Waals surface area contributed by atoms with Crippen LogP contribution in [0.1, 0.15) is 23.2 Å². The third-order valence-corrected chi connectivity index (χ3v) is 3.81. The summed E-state index contributed by atoms with van der Waals surface area (Å²) in [5, 5.41) is 38.8. The van der Waals surface area contributed by atoms with Gasteiger partial charge in [0.1, 0.15) is 12.2 Å². The molecule has 4 N–H and O–H groups in total. The monoisotopic (exact) mass is 330 g/mol. The molecule has 0 saturated heterocycles. The predicted octanol–water partition coefficient (Wildman–Crippen LogP) is 0.197. The van der Waals surface area contributed by atoms with Crippen molar-refractivity contribution in [3.8, 4) is 0 Å². The van der Waals surface area contributed by atoms with Crippen molar-refractivity contribution in [2.75, 3.05) is 0 Å². The van der Waals surface area contributed by atoms with Crippen LogP contribution in [0.15, 0.2) is 24.3 Å². The number of carboxylic acid groups (broad SMARTS) is 1. The fraction of sp³-hybridized carbons (Fsp3) is 0.429. The molecule has 8 heteroatoms. The molecule has 0 amide bonds. The van der Waals surface area contributed by atoms with Gasteiger partial charge in [0.25, 0.3) is 0 Å². The van der Waals surface area contributed by atoms with E-state index >= 15 is 0 Å². The molecule has 0 aromatic heterocycles. The average molecular weight is 331 g/mol. The van der Waals surface area contributed by atoms with E-state index in [4.69, 9.17) is 21.4 Å². The summed E-state index contributed by atoms with van der Waals surface area (Å²) in [4.78, 5) is 23.1. The van der Waals surface area contributed by atoms with Gasteiger partial charge in [0, 0.05) is 17.9 Å². The Kier molecular flexibility index (Phi) is 4.72. The van der Waals surface area contributed by atoms with Crippen molar-refractivity contribution in [2.45, 2.75) is 36.8 Å². The largest absolute Gasteiger partial charge is 0.479 e. The molecule has 1 fully saturated rings. The van der Waals surface area contributed by atoms with Gasteiger partial charge >= 0.3 is 11.9 Å². The van der Waals surface area contributed by atoms with Crippen LogP contribution in [0, 0.1) is 0 Å². The molecule has 1 aliphatic carbocycles. The summed E-state index contributed by atoms with van der Waals surface area (Å²) in [5.41, 5.74) is -2.16. The van der Waals surface area contributed by atoms with Crippen LogP contribution in [-0.2, 0) is 9.53 Å². The van der Waals surface area contributed by atoms with Crippen molar-refractivity contribution < 1.29 is 34.8 Å². The van der Waals surface area contributed by atoms with Gasteiger partial charge in [0.15, 0.2) is 5.60 Å². The van der Waals surface area contributed by atoms with E-state index < -0.39 is 48.7 Å². The lowest BCUT2D eigenvalue weighted by Gasteiger charge is -2.39. The van der Waals surface area contributed by atoms with Crippen molar-refractivity contribution in [2.24, 2.45) is 0 Å². The molecule has 0 radical (unpaired) electrons. The van der Waals surface area contributed by atoms with E-state index in [-0.39, 0.29) is 5.56 Å². The number of carbonyl (C=O) groups excluding carboxylic acids is 1. The van der Waals surface area contributed by atoms with Crippen LogP contribution in [0.25, 0.3) is 0 Å². The molecule has 0 spiro atoms. The van der Waals surface area contributed by atoms with Gasteiger partial charge in [-0.1, -0.05) is 17.7 Å². The third-order valence-electron chi connectivity index (χ3n) is 3.58. The van der Waals surface area contributed by atoms with Crippen molar-refractivity contribution >= 4 is 23.5 Å². The van der Waals surface area contributed by atoms with Gasteiger partial charge in [0.2, 0.25) is 0 Å². The van der Waals surface area contributed by atoms with Crippen LogP contribution in [0.5, 0.6) is 0 Å². The van der Waals surface area contributed by atoms with E-state index in [1.54, 1.807) is 6.07 Å². The molecule has 0 unspecified atom stereocenters. The number of rotatable bonds is 3. The number of ether oxygens (including phenoxy) is 1. The van der Waals surface area contributed by atoms with Gasteiger partial charge in [-0.25, -0.2) is 9.59 Å². The lowest BCUT2D eigenvalue weighted by atomic mass is 9.79. The number of hydrogen-bond donors (Lipinski definition) is 4. The number of halogens is 1. The maximum atomic E-state index is 12.0. The smallest absolute Gasteiger partial charge is 0.338 e. The first kappa shape index (κ1) is 16.7. The van der Waals surface area contributed by atoms with Gasteiger partial charge in [-0.2, -0.15) is 0 Å². The number of aliphatic carboxylic acids is 1. The second kappa shape index (κ2) is 6.21. The Morgan fingerprint density at radius 3 is 2.55 bits per heavy atom. The van der Waals surface area contributed by atoms with Crippen LogP contribution in [-0.4, -0.2) is 56.3 Å². The minimum Gasteiger partial charge on any atom is -0.479 e. The molecule has 4 atom stereocenters. The van der Waals surface area contributed by atoms with E-state index in [0.717, 1.165) is 0 Å². The van der Waals surface area contributed by atoms with Crippen LogP contribution in [0.3, 0.4) is 0 Å². The third kappa shape index (κ3) is 3.38. The first-order valence-electron chi connectivity index (χ1n) is 6.51. The summed E-state index contributed by atoms with van der Waals surface area (Å²) in [6.45, 7) is 0. The van der Waals surface area contributed by atoms with Gasteiger partial charge in [-0.3, -0.25) is 0 Å². The molecule has 0 aliphatic heterocycles. The molecule has 1 aliphatic rings. The van der Waals surface area contributed by atoms with Crippen molar-refractivity contribution in [1.82, 2.24) is 0 Å². The molecular formula is C14H15ClO7. The molecule has 2 rings (SSSR count). The lowest BCUT2D eigenvalue weighted by molar-refractivity contribution is -0.187. The summed E-state index contributed by atoms with van der Waals surface area (Å²) < 4.78 is 5.03. The van der Waals surface area contributed by atoms with Crippen LogP contribution >= 0.6 is 11.6 Å². The van der Waals surface area contributed by atoms with Crippen LogP contribution in [0.4, 0.5) is 0 Å². The van der Waals surface area contributed by atoms with Crippen LogP contribution < -0.4 is 0 Å². The first-order valence-corrected chi connectivity index (χ1v) is 6.89. The number of hydrogen-bond acceptors (Lipinski definition) is 6. The second-order valence-corrected chi connectivity index (χ2v) is 5.69. The Balaban J connectivity index is 2.16. The number of benzene rings is 1. The summed E-state index contributed by atoms with van der Waals surface area (Å²) in [7, 11) is 0. The number of carboxylic acids is 1. The molecule has 1 saturated carbocycles. The average Bonchev–Trinajstić information content (AvgIpc) is 2.44. The summed E-state index contributed by atoms with van der Waals surface area (Å²) in [6, 6.07) is 5.86. The number of aliphatic hydroxyl groups is 3. The van der Waals surface area contributed by atoms with Gasteiger partial charge in [-0.15, -0.1) is 0 Å². The number of carbonyl (C=O) groups is 2. The zero-order chi connectivity index (χ0) is 16.5. The van der Waals surface area contributed by atoms with E-state index in [0.29, 0.717) is 5.02 Å². The molecule has 0 heterocycles. The lowest BCUT2D eigenvalue weighted by Crippen LogP contribution is -2.57. The summed E-state index contributed by atoms with van der Waals surface area (Å²) in [6.07, 6.45) is -5.42. The Bertz CT molecular complexity index is 590. The van der Waals surface area contributed by atoms with Crippen molar-refractivity contribution in [3.05, 3.63) is 34.9 Å². The molecule has 7 nitrogen and oxygen atoms in total. The number of aliphatic hydroxyl groups excluding tert-OH is 2. The fourth-order valence-corrected chi connectivity index (χ4v) is 2.55. The Morgan fingerprint density at radius 1 is 1.27 bits per heavy atom. The molecule has 0 bridgehead atoms. The minimum atomic E-state index is -2.27. The van der Waals surface area contributed by atoms with E-state index in [2.05, 4.69) is 0 Å². The maximum Gasteiger partial charge on any atom is 0.338 e. The van der Waals surface area contributed by atoms with Gasteiger partial charge in [0.05, 0.1) is 11.7 Å². The van der Waals surface area contributed by atoms with E-state index in [9.17, 15) is 24.9 Å². The fourth-order valence-electron chi connectivity index (χ4n) is 2.36. The Hall–Kier alpha value is -1.67. The van der Waals surface area contributed by atoms with E-state index in [1.807, 2.05) is 0 Å². The highest BCUT2D eigenvalue weighted by atomic mass is 35.5. The molecule has 1 aromatic rings. The Labute approximate surface area is 130 Å². The standard InChI is InChI=1S/C14H15ClO7/c15-8-3-1-2-7(4-8)12(18)22-10-6-14(21,13(19)20)5-9(16)11(10)17/h1-4,9-11,16-17,21H,5-6H2,(H,19,20)/t9-,10-,11-,14+/m1/s1. The normalized spacial score (nSPS) is 31.5. The quantitative estimate of drug-likeness (QED) is 0.583. The SMILES string of the molecule is O=C(O[C@@H]1C[C@](O)(C(=O)O)C[C@@H](O)[C@H]1O)c1cccc(Cl)c1. The summed E-state index contributed by atoms with van der Waals surface area (Å²) >= 11 is 5.76. The predicted molar refractivity (Wildman–Crippen MR) is 74.5 cm³/mol. The Morgan fingerprint density at radius 2 is 1.95 bits per heavy atom. The molecule has 22 heavy (non-hydrogen) atoms. The highest BCUT2D eigenvalue weighted by Gasteiger charge is 2.50. The number of esters is 1.